The second-order valence-corrected chi connectivity index (χ2v) is 11.3. The van der Waals surface area contributed by atoms with Gasteiger partial charge in [0.25, 0.3) is 0 Å². The van der Waals surface area contributed by atoms with E-state index in [4.69, 9.17) is 0 Å². The van der Waals surface area contributed by atoms with Crippen LogP contribution in [0.1, 0.15) is 85.0 Å². The van der Waals surface area contributed by atoms with Crippen LogP contribution in [0.5, 0.6) is 0 Å². The van der Waals surface area contributed by atoms with Gasteiger partial charge in [0.1, 0.15) is 6.10 Å². The quantitative estimate of drug-likeness (QED) is 0.637. The largest absolute Gasteiger partial charge is 0.388 e. The summed E-state index contributed by atoms with van der Waals surface area (Å²) in [5.41, 5.74) is 0.395. The Labute approximate surface area is 170 Å². The van der Waals surface area contributed by atoms with Crippen molar-refractivity contribution in [2.75, 3.05) is 0 Å². The third kappa shape index (κ3) is 3.01. The predicted octanol–water partition coefficient (Wildman–Crippen LogP) is 3.82. The van der Waals surface area contributed by atoms with Crippen molar-refractivity contribution >= 4 is 6.29 Å². The van der Waals surface area contributed by atoms with Gasteiger partial charge >= 0.3 is 0 Å². The highest BCUT2D eigenvalue weighted by atomic mass is 16.5. The summed E-state index contributed by atoms with van der Waals surface area (Å²) in [6, 6.07) is 0. The van der Waals surface area contributed by atoms with Gasteiger partial charge < -0.3 is 15.3 Å². The summed E-state index contributed by atoms with van der Waals surface area (Å²) < 4.78 is 0. The van der Waals surface area contributed by atoms with Crippen molar-refractivity contribution < 1.29 is 20.1 Å². The molecule has 1 unspecified atom stereocenters. The van der Waals surface area contributed by atoms with Gasteiger partial charge in [-0.1, -0.05) is 20.8 Å². The summed E-state index contributed by atoms with van der Waals surface area (Å²) in [4.78, 5) is 10.7. The summed E-state index contributed by atoms with van der Waals surface area (Å²) in [6.45, 7) is 7.17. The number of hydrogen-bond donors (Lipinski definition) is 3. The van der Waals surface area contributed by atoms with Gasteiger partial charge in [0.15, 0.2) is 12.1 Å². The Balaban J connectivity index is 1.55. The zero-order valence-electron chi connectivity index (χ0n) is 17.9. The first kappa shape index (κ1) is 20.8. The smallest absolute Gasteiger partial charge is 0.198 e. The van der Waals surface area contributed by atoms with E-state index in [0.29, 0.717) is 54.3 Å². The lowest BCUT2D eigenvalue weighted by molar-refractivity contribution is -0.284. The molecular formula is C24H39O4. The zero-order valence-corrected chi connectivity index (χ0v) is 17.9. The molecule has 0 saturated heterocycles. The second kappa shape index (κ2) is 7.06. The highest BCUT2D eigenvalue weighted by molar-refractivity contribution is 5.50. The van der Waals surface area contributed by atoms with Crippen molar-refractivity contribution in [3.05, 3.63) is 0 Å². The summed E-state index contributed by atoms with van der Waals surface area (Å²) in [5, 5.41) is 30.9. The predicted molar refractivity (Wildman–Crippen MR) is 108 cm³/mol. The second-order valence-electron chi connectivity index (χ2n) is 11.3. The van der Waals surface area contributed by atoms with E-state index in [0.717, 1.165) is 18.8 Å². The van der Waals surface area contributed by atoms with Crippen molar-refractivity contribution in [2.45, 2.75) is 96.9 Å². The van der Waals surface area contributed by atoms with Gasteiger partial charge in [-0.2, -0.15) is 0 Å². The lowest BCUT2D eigenvalue weighted by Crippen LogP contribution is -2.60. The molecular weight excluding hydrogens is 352 g/mol. The van der Waals surface area contributed by atoms with Crippen LogP contribution in [0.15, 0.2) is 0 Å². The van der Waals surface area contributed by atoms with Crippen LogP contribution in [0.4, 0.5) is 0 Å². The molecule has 4 nitrogen and oxygen atoms in total. The third-order valence-corrected chi connectivity index (χ3v) is 10.2. The van der Waals surface area contributed by atoms with Crippen LogP contribution in [-0.2, 0) is 4.79 Å². The van der Waals surface area contributed by atoms with Crippen LogP contribution in [-0.4, -0.2) is 33.5 Å². The van der Waals surface area contributed by atoms with Crippen molar-refractivity contribution in [2.24, 2.45) is 46.3 Å². The fourth-order valence-electron chi connectivity index (χ4n) is 8.73. The van der Waals surface area contributed by atoms with Crippen LogP contribution in [0.25, 0.3) is 0 Å². The lowest BCUT2D eigenvalue weighted by atomic mass is 9.44. The van der Waals surface area contributed by atoms with Crippen molar-refractivity contribution in [1.29, 1.82) is 0 Å². The number of aliphatic hydroxyl groups is 3. The summed E-state index contributed by atoms with van der Waals surface area (Å²) in [7, 11) is 0. The highest BCUT2D eigenvalue weighted by Gasteiger charge is 2.62. The van der Waals surface area contributed by atoms with E-state index in [-0.39, 0.29) is 5.41 Å². The van der Waals surface area contributed by atoms with Gasteiger partial charge in [-0.3, -0.25) is 4.79 Å². The Morgan fingerprint density at radius 3 is 2.43 bits per heavy atom. The van der Waals surface area contributed by atoms with Crippen LogP contribution in [0, 0.1) is 46.3 Å². The van der Waals surface area contributed by atoms with E-state index < -0.39 is 11.9 Å². The molecule has 4 aliphatic carbocycles. The van der Waals surface area contributed by atoms with Gasteiger partial charge in [-0.15, -0.1) is 0 Å². The maximum Gasteiger partial charge on any atom is 0.198 e. The van der Waals surface area contributed by atoms with E-state index in [1.165, 1.54) is 32.1 Å². The molecule has 0 aromatic rings. The highest BCUT2D eigenvalue weighted by Crippen LogP contribution is 2.68. The number of carbonyl (C=O) groups excluding carboxylic acids is 1. The lowest BCUT2D eigenvalue weighted by Gasteiger charge is -2.62. The van der Waals surface area contributed by atoms with Crippen molar-refractivity contribution in [3.63, 3.8) is 0 Å². The maximum absolute atomic E-state index is 10.7. The van der Waals surface area contributed by atoms with Crippen molar-refractivity contribution in [1.82, 2.24) is 0 Å². The number of hydrogen-bond acceptors (Lipinski definition) is 4. The molecule has 4 saturated carbocycles. The normalized spacial score (nSPS) is 50.9. The summed E-state index contributed by atoms with van der Waals surface area (Å²) in [5.74, 6) is 1.71. The average molecular weight is 392 g/mol. The Hall–Kier alpha value is -0.450. The molecule has 0 aliphatic heterocycles. The summed E-state index contributed by atoms with van der Waals surface area (Å²) in [6.07, 6.45) is 10.7. The summed E-state index contributed by atoms with van der Waals surface area (Å²) >= 11 is 0. The van der Waals surface area contributed by atoms with Gasteiger partial charge in [-0.05, 0) is 97.7 Å². The van der Waals surface area contributed by atoms with Gasteiger partial charge in [0, 0.05) is 12.8 Å². The molecule has 3 N–H and O–H groups in total. The van der Waals surface area contributed by atoms with E-state index in [1.54, 1.807) is 0 Å². The molecule has 4 rings (SSSR count). The first-order valence-electron chi connectivity index (χ1n) is 11.6. The van der Waals surface area contributed by atoms with Crippen LogP contribution in [0.2, 0.25) is 0 Å². The molecule has 28 heavy (non-hydrogen) atoms. The van der Waals surface area contributed by atoms with E-state index >= 15 is 0 Å². The molecule has 0 spiro atoms. The Kier molecular flexibility index (Phi) is 5.25. The monoisotopic (exact) mass is 391 g/mol. The first-order chi connectivity index (χ1) is 13.1. The molecule has 0 bridgehead atoms. The minimum absolute atomic E-state index is 0.0226. The topological polar surface area (TPSA) is 77.8 Å². The number of rotatable bonds is 4. The molecule has 0 aromatic heterocycles. The minimum atomic E-state index is -1.91. The molecule has 0 amide bonds. The molecule has 0 heterocycles. The van der Waals surface area contributed by atoms with Crippen LogP contribution >= 0.6 is 0 Å². The average Bonchev–Trinajstić information content (AvgIpc) is 2.98. The molecule has 9 atom stereocenters. The standard InChI is InChI=1S/C24H39O4/c1-15(5-4-12-25)18-8-9-19-17-7-6-16-13-24(27,28)21(26)14-23(16,3)20(17)10-11-22(18,19)2/h15-21,26-28H,4-11,13-14H2,1-3H3/t15-,16-,17+,18-,19+,20+,21?,22-,23+/m1/s1. The fraction of sp³-hybridized carbons (Fsp3) is 0.958. The molecule has 4 heteroatoms. The molecule has 0 aromatic carbocycles. The van der Waals surface area contributed by atoms with E-state index in [1.807, 2.05) is 0 Å². The SMILES string of the molecule is C[C@H](CC[C]=O)[C@H]1CC[C@H]2[C@@H]3CC[C@@H]4CC(O)(O)C(O)C[C@]4(C)[C@H]3CC[C@]12C. The molecule has 4 aliphatic rings. The first-order valence-corrected chi connectivity index (χ1v) is 11.6. The molecule has 4 fully saturated rings. The van der Waals surface area contributed by atoms with Crippen LogP contribution < -0.4 is 0 Å². The molecule has 1 radical (unpaired) electrons. The van der Waals surface area contributed by atoms with E-state index in [2.05, 4.69) is 27.1 Å². The Morgan fingerprint density at radius 1 is 1.00 bits per heavy atom. The Morgan fingerprint density at radius 2 is 1.71 bits per heavy atom. The van der Waals surface area contributed by atoms with Gasteiger partial charge in [-0.25, -0.2) is 0 Å². The van der Waals surface area contributed by atoms with Gasteiger partial charge in [0.2, 0.25) is 0 Å². The zero-order chi connectivity index (χ0) is 20.3. The van der Waals surface area contributed by atoms with Crippen LogP contribution in [0.3, 0.4) is 0 Å². The van der Waals surface area contributed by atoms with Crippen molar-refractivity contribution in [3.8, 4) is 0 Å². The van der Waals surface area contributed by atoms with Gasteiger partial charge in [0.05, 0.1) is 0 Å². The molecule has 159 valence electrons. The third-order valence-electron chi connectivity index (χ3n) is 10.2. The minimum Gasteiger partial charge on any atom is -0.388 e. The maximum atomic E-state index is 10.7. The number of aliphatic hydroxyl groups excluding tert-OH is 1. The number of fused-ring (bicyclic) bond motifs is 5. The Bertz CT molecular complexity index is 603. The fourth-order valence-corrected chi connectivity index (χ4v) is 8.73. The van der Waals surface area contributed by atoms with E-state index in [9.17, 15) is 20.1 Å².